The minimum Gasteiger partial charge on any atom is -0.410 e. The van der Waals surface area contributed by atoms with Gasteiger partial charge in [0.15, 0.2) is 0 Å². The van der Waals surface area contributed by atoms with E-state index in [-0.39, 0.29) is 5.82 Å². The fraction of sp³-hybridized carbons (Fsp3) is 0.133. The van der Waals surface area contributed by atoms with E-state index in [0.717, 1.165) is 23.1 Å². The molecule has 0 unspecified atom stereocenters. The lowest BCUT2D eigenvalue weighted by Gasteiger charge is -2.02. The lowest BCUT2D eigenvalue weighted by molar-refractivity contribution is 0.320. The molecule has 0 amide bonds. The third-order valence-corrected chi connectivity index (χ3v) is 3.37. The molecular formula is C15H12FNO. The Morgan fingerprint density at radius 1 is 1.00 bits per heavy atom. The standard InChI is InChI=1S/C15H12FNO/c1-2-9-3-5-11-12-6-4-10(16)8-14(12)15(17-18)13(11)7-9/h3-8,18H,2H2,1H3/b17-15-. The van der Waals surface area contributed by atoms with Crippen molar-refractivity contribution >= 4 is 5.71 Å². The molecule has 0 aliphatic heterocycles. The van der Waals surface area contributed by atoms with Gasteiger partial charge in [0.1, 0.15) is 11.5 Å². The van der Waals surface area contributed by atoms with Gasteiger partial charge in [0.2, 0.25) is 0 Å². The average Bonchev–Trinajstić information content (AvgIpc) is 2.70. The highest BCUT2D eigenvalue weighted by Crippen LogP contribution is 2.37. The third kappa shape index (κ3) is 1.44. The van der Waals surface area contributed by atoms with Gasteiger partial charge in [0, 0.05) is 11.1 Å². The molecule has 0 spiro atoms. The van der Waals surface area contributed by atoms with E-state index >= 15 is 0 Å². The molecule has 0 bridgehead atoms. The van der Waals surface area contributed by atoms with Crippen LogP contribution in [0.2, 0.25) is 0 Å². The number of hydrogen-bond acceptors (Lipinski definition) is 2. The molecule has 90 valence electrons. The molecule has 1 aliphatic rings. The summed E-state index contributed by atoms with van der Waals surface area (Å²) < 4.78 is 13.3. The van der Waals surface area contributed by atoms with Gasteiger partial charge in [0.25, 0.3) is 0 Å². The number of aryl methyl sites for hydroxylation is 1. The molecule has 0 atom stereocenters. The van der Waals surface area contributed by atoms with Gasteiger partial charge in [-0.1, -0.05) is 30.3 Å². The molecule has 1 aliphatic carbocycles. The van der Waals surface area contributed by atoms with Gasteiger partial charge in [-0.2, -0.15) is 0 Å². The van der Waals surface area contributed by atoms with Crippen molar-refractivity contribution in [2.45, 2.75) is 13.3 Å². The van der Waals surface area contributed by atoms with Gasteiger partial charge in [-0.25, -0.2) is 4.39 Å². The lowest BCUT2D eigenvalue weighted by atomic mass is 10.0. The highest BCUT2D eigenvalue weighted by Gasteiger charge is 2.25. The van der Waals surface area contributed by atoms with E-state index in [1.807, 2.05) is 18.2 Å². The van der Waals surface area contributed by atoms with Crippen molar-refractivity contribution in [3.63, 3.8) is 0 Å². The summed E-state index contributed by atoms with van der Waals surface area (Å²) in [6, 6.07) is 10.6. The summed E-state index contributed by atoms with van der Waals surface area (Å²) >= 11 is 0. The van der Waals surface area contributed by atoms with Gasteiger partial charge in [-0.3, -0.25) is 0 Å². The van der Waals surface area contributed by atoms with Crippen LogP contribution in [0.3, 0.4) is 0 Å². The second-order valence-corrected chi connectivity index (χ2v) is 4.37. The van der Waals surface area contributed by atoms with E-state index in [4.69, 9.17) is 0 Å². The van der Waals surface area contributed by atoms with Crippen LogP contribution in [-0.2, 0) is 6.42 Å². The van der Waals surface area contributed by atoms with Gasteiger partial charge < -0.3 is 5.21 Å². The SMILES string of the molecule is CCc1ccc2c(c1)/C(=N/O)c1cc(F)ccc1-2. The quantitative estimate of drug-likeness (QED) is 0.512. The Bertz CT molecular complexity index is 662. The summed E-state index contributed by atoms with van der Waals surface area (Å²) in [5.74, 6) is -0.321. The predicted molar refractivity (Wildman–Crippen MR) is 68.6 cm³/mol. The summed E-state index contributed by atoms with van der Waals surface area (Å²) in [6.45, 7) is 2.07. The van der Waals surface area contributed by atoms with Crippen LogP contribution in [0.15, 0.2) is 41.6 Å². The highest BCUT2D eigenvalue weighted by atomic mass is 19.1. The summed E-state index contributed by atoms with van der Waals surface area (Å²) in [4.78, 5) is 0. The van der Waals surface area contributed by atoms with Gasteiger partial charge in [-0.05, 0) is 41.3 Å². The molecule has 0 heterocycles. The molecule has 1 N–H and O–H groups in total. The van der Waals surface area contributed by atoms with Crippen LogP contribution in [0.1, 0.15) is 23.6 Å². The second-order valence-electron chi connectivity index (χ2n) is 4.37. The first-order chi connectivity index (χ1) is 8.74. The zero-order valence-electron chi connectivity index (χ0n) is 9.94. The highest BCUT2D eigenvalue weighted by molar-refractivity contribution is 6.24. The topological polar surface area (TPSA) is 32.6 Å². The Labute approximate surface area is 104 Å². The van der Waals surface area contributed by atoms with E-state index in [0.29, 0.717) is 11.3 Å². The molecule has 18 heavy (non-hydrogen) atoms. The summed E-state index contributed by atoms with van der Waals surface area (Å²) in [5, 5.41) is 12.5. The van der Waals surface area contributed by atoms with Gasteiger partial charge in [-0.15, -0.1) is 0 Å². The average molecular weight is 241 g/mol. The molecule has 2 aromatic rings. The van der Waals surface area contributed by atoms with Crippen molar-refractivity contribution in [3.8, 4) is 11.1 Å². The van der Waals surface area contributed by atoms with Crippen molar-refractivity contribution in [3.05, 3.63) is 58.9 Å². The number of fused-ring (bicyclic) bond motifs is 3. The molecule has 0 saturated heterocycles. The Morgan fingerprint density at radius 3 is 2.33 bits per heavy atom. The Kier molecular flexibility index (Phi) is 2.40. The molecule has 3 rings (SSSR count). The first-order valence-corrected chi connectivity index (χ1v) is 5.90. The first-order valence-electron chi connectivity index (χ1n) is 5.90. The van der Waals surface area contributed by atoms with Crippen molar-refractivity contribution in [2.75, 3.05) is 0 Å². The maximum absolute atomic E-state index is 13.3. The Morgan fingerprint density at radius 2 is 1.67 bits per heavy atom. The number of halogens is 1. The molecule has 2 nitrogen and oxygen atoms in total. The van der Waals surface area contributed by atoms with E-state index in [2.05, 4.69) is 12.1 Å². The number of rotatable bonds is 1. The van der Waals surface area contributed by atoms with Crippen LogP contribution < -0.4 is 0 Å². The fourth-order valence-electron chi connectivity index (χ4n) is 2.44. The number of nitrogens with zero attached hydrogens (tertiary/aromatic N) is 1. The normalized spacial score (nSPS) is 14.7. The van der Waals surface area contributed by atoms with Crippen molar-refractivity contribution < 1.29 is 9.60 Å². The van der Waals surface area contributed by atoms with Crippen LogP contribution in [0.25, 0.3) is 11.1 Å². The molecular weight excluding hydrogens is 229 g/mol. The Balaban J connectivity index is 2.30. The number of hydrogen-bond donors (Lipinski definition) is 1. The van der Waals surface area contributed by atoms with Crippen LogP contribution in [-0.4, -0.2) is 10.9 Å². The van der Waals surface area contributed by atoms with Crippen molar-refractivity contribution in [2.24, 2.45) is 5.16 Å². The largest absolute Gasteiger partial charge is 0.410 e. The Hall–Kier alpha value is -2.16. The molecule has 0 radical (unpaired) electrons. The number of oxime groups is 1. The zero-order valence-corrected chi connectivity index (χ0v) is 9.94. The maximum Gasteiger partial charge on any atom is 0.123 e. The van der Waals surface area contributed by atoms with E-state index in [9.17, 15) is 9.60 Å². The molecule has 0 saturated carbocycles. The predicted octanol–water partition coefficient (Wildman–Crippen LogP) is 3.60. The fourth-order valence-corrected chi connectivity index (χ4v) is 2.44. The van der Waals surface area contributed by atoms with Crippen molar-refractivity contribution in [1.82, 2.24) is 0 Å². The minimum atomic E-state index is -0.321. The summed E-state index contributed by atoms with van der Waals surface area (Å²) in [5.41, 5.74) is 5.06. The summed E-state index contributed by atoms with van der Waals surface area (Å²) in [7, 11) is 0. The summed E-state index contributed by atoms with van der Waals surface area (Å²) in [6.07, 6.45) is 0.913. The van der Waals surface area contributed by atoms with E-state index < -0.39 is 0 Å². The van der Waals surface area contributed by atoms with Crippen LogP contribution >= 0.6 is 0 Å². The molecule has 3 heteroatoms. The van der Waals surface area contributed by atoms with Crippen LogP contribution in [0.5, 0.6) is 0 Å². The van der Waals surface area contributed by atoms with E-state index in [1.165, 1.54) is 17.7 Å². The van der Waals surface area contributed by atoms with Gasteiger partial charge in [0.05, 0.1) is 0 Å². The second kappa shape index (κ2) is 3.95. The molecule has 0 fully saturated rings. The number of benzene rings is 2. The van der Waals surface area contributed by atoms with E-state index in [1.54, 1.807) is 6.07 Å². The maximum atomic E-state index is 13.3. The van der Waals surface area contributed by atoms with Crippen LogP contribution in [0, 0.1) is 5.82 Å². The lowest BCUT2D eigenvalue weighted by Crippen LogP contribution is -1.99. The minimum absolute atomic E-state index is 0.321. The molecule has 0 aromatic heterocycles. The van der Waals surface area contributed by atoms with Crippen molar-refractivity contribution in [1.29, 1.82) is 0 Å². The monoisotopic (exact) mass is 241 g/mol. The molecule has 2 aromatic carbocycles. The first kappa shape index (κ1) is 11.0. The third-order valence-electron chi connectivity index (χ3n) is 3.37. The zero-order chi connectivity index (χ0) is 12.7. The van der Waals surface area contributed by atoms with Crippen LogP contribution in [0.4, 0.5) is 4.39 Å². The van der Waals surface area contributed by atoms with Gasteiger partial charge >= 0.3 is 0 Å². The smallest absolute Gasteiger partial charge is 0.123 e.